The highest BCUT2D eigenvalue weighted by molar-refractivity contribution is 5.80. The average Bonchev–Trinajstić information content (AvgIpc) is 3.37. The van der Waals surface area contributed by atoms with E-state index >= 15 is 0 Å². The van der Waals surface area contributed by atoms with E-state index in [0.717, 1.165) is 94.2 Å². The fourth-order valence-corrected chi connectivity index (χ4v) is 6.37. The maximum Gasteiger partial charge on any atom is 0.167 e. The summed E-state index contributed by atoms with van der Waals surface area (Å²) < 4.78 is 12.1. The molecule has 0 unspecified atom stereocenters. The van der Waals surface area contributed by atoms with Crippen molar-refractivity contribution in [1.29, 1.82) is 0 Å². The van der Waals surface area contributed by atoms with Gasteiger partial charge in [0.25, 0.3) is 0 Å². The van der Waals surface area contributed by atoms with E-state index in [0.29, 0.717) is 5.92 Å². The number of ether oxygens (including phenoxy) is 1. The lowest BCUT2D eigenvalue weighted by atomic mass is 9.77. The molecule has 3 aliphatic heterocycles. The molecule has 0 aliphatic carbocycles. The predicted molar refractivity (Wildman–Crippen MR) is 142 cm³/mol. The molecule has 0 radical (unpaired) electrons. The summed E-state index contributed by atoms with van der Waals surface area (Å²) in [6.45, 7) is 13.8. The molecule has 2 atom stereocenters. The molecule has 192 valence electrons. The number of nitrogens with zero attached hydrogens (tertiary/aromatic N) is 4. The molecule has 3 fully saturated rings. The minimum absolute atomic E-state index is 0.0942. The highest BCUT2D eigenvalue weighted by Crippen LogP contribution is 2.42. The highest BCUT2D eigenvalue weighted by Gasteiger charge is 2.47. The Morgan fingerprint density at radius 1 is 1.06 bits per heavy atom. The van der Waals surface area contributed by atoms with Gasteiger partial charge in [0.15, 0.2) is 5.58 Å². The number of nitrogens with one attached hydrogen (secondary N) is 1. The van der Waals surface area contributed by atoms with Crippen LogP contribution in [0.4, 0.5) is 0 Å². The van der Waals surface area contributed by atoms with Gasteiger partial charge in [-0.15, -0.1) is 0 Å². The van der Waals surface area contributed by atoms with Gasteiger partial charge in [0.2, 0.25) is 0 Å². The van der Waals surface area contributed by atoms with E-state index in [1.807, 2.05) is 12.1 Å². The second-order valence-corrected chi connectivity index (χ2v) is 10.8. The molecule has 1 aromatic heterocycles. The molecule has 3 saturated heterocycles. The summed E-state index contributed by atoms with van der Waals surface area (Å²) in [4.78, 5) is 7.72. The molecule has 0 bridgehead atoms. The molecule has 7 heteroatoms. The lowest BCUT2D eigenvalue weighted by Gasteiger charge is -2.51. The highest BCUT2D eigenvalue weighted by atomic mass is 16.5. The Balaban J connectivity index is 1.08. The second-order valence-electron chi connectivity index (χ2n) is 10.8. The van der Waals surface area contributed by atoms with Gasteiger partial charge in [0.05, 0.1) is 12.1 Å². The largest absolute Gasteiger partial charge is 0.493 e. The number of aromatic nitrogens is 1. The SMILES string of the molecule is CCN1CCN(Cc2cccc(OC[C@H]3CC[C@@]4(c5noc6ccccc56)CNCCN4C3)c2)CC1. The zero-order valence-electron chi connectivity index (χ0n) is 21.5. The lowest BCUT2D eigenvalue weighted by molar-refractivity contribution is -0.0172. The zero-order valence-corrected chi connectivity index (χ0v) is 21.5. The van der Waals surface area contributed by atoms with Gasteiger partial charge >= 0.3 is 0 Å². The maximum atomic E-state index is 6.38. The van der Waals surface area contributed by atoms with Crippen molar-refractivity contribution in [3.8, 4) is 5.75 Å². The molecule has 3 aromatic rings. The van der Waals surface area contributed by atoms with E-state index in [2.05, 4.69) is 68.5 Å². The van der Waals surface area contributed by atoms with E-state index in [9.17, 15) is 0 Å². The third-order valence-corrected chi connectivity index (χ3v) is 8.55. The van der Waals surface area contributed by atoms with Crippen LogP contribution in [0.5, 0.6) is 5.75 Å². The second kappa shape index (κ2) is 10.5. The molecule has 4 heterocycles. The number of rotatable bonds is 7. The number of benzene rings is 2. The summed E-state index contributed by atoms with van der Waals surface area (Å²) in [6, 6.07) is 17.0. The van der Waals surface area contributed by atoms with Crippen molar-refractivity contribution in [2.45, 2.75) is 31.8 Å². The van der Waals surface area contributed by atoms with Crippen molar-refractivity contribution < 1.29 is 9.26 Å². The number of hydrogen-bond donors (Lipinski definition) is 1. The van der Waals surface area contributed by atoms with Gasteiger partial charge in [-0.1, -0.05) is 36.3 Å². The fraction of sp³-hybridized carbons (Fsp3) is 0.552. The van der Waals surface area contributed by atoms with Gasteiger partial charge < -0.3 is 19.5 Å². The van der Waals surface area contributed by atoms with Crippen LogP contribution < -0.4 is 10.1 Å². The van der Waals surface area contributed by atoms with Gasteiger partial charge in [-0.05, 0) is 49.2 Å². The van der Waals surface area contributed by atoms with E-state index < -0.39 is 0 Å². The van der Waals surface area contributed by atoms with Crippen LogP contribution in [0.15, 0.2) is 53.1 Å². The minimum atomic E-state index is -0.0942. The van der Waals surface area contributed by atoms with Crippen LogP contribution in [0.25, 0.3) is 11.0 Å². The Labute approximate surface area is 214 Å². The Bertz CT molecular complexity index is 1160. The van der Waals surface area contributed by atoms with Crippen LogP contribution in [0, 0.1) is 5.92 Å². The fourth-order valence-electron chi connectivity index (χ4n) is 6.37. The quantitative estimate of drug-likeness (QED) is 0.545. The zero-order chi connectivity index (χ0) is 24.4. The van der Waals surface area contributed by atoms with Gasteiger partial charge in [-0.25, -0.2) is 0 Å². The monoisotopic (exact) mass is 489 g/mol. The van der Waals surface area contributed by atoms with Crippen LogP contribution in [0.1, 0.15) is 31.0 Å². The summed E-state index contributed by atoms with van der Waals surface area (Å²) in [7, 11) is 0. The molecule has 0 saturated carbocycles. The molecular weight excluding hydrogens is 450 g/mol. The van der Waals surface area contributed by atoms with E-state index in [1.54, 1.807) is 0 Å². The first-order chi connectivity index (χ1) is 17.7. The van der Waals surface area contributed by atoms with Crippen LogP contribution in [0.2, 0.25) is 0 Å². The first-order valence-electron chi connectivity index (χ1n) is 13.7. The molecule has 6 rings (SSSR count). The summed E-state index contributed by atoms with van der Waals surface area (Å²) in [5.74, 6) is 1.51. The Morgan fingerprint density at radius 3 is 2.81 bits per heavy atom. The van der Waals surface area contributed by atoms with Gasteiger partial charge in [0, 0.05) is 70.2 Å². The smallest absolute Gasteiger partial charge is 0.167 e. The molecule has 0 amide bonds. The van der Waals surface area contributed by atoms with Crippen LogP contribution in [0.3, 0.4) is 0 Å². The summed E-state index contributed by atoms with van der Waals surface area (Å²) in [6.07, 6.45) is 2.19. The molecule has 2 aromatic carbocycles. The Morgan fingerprint density at radius 2 is 1.92 bits per heavy atom. The molecular formula is C29H39N5O2. The standard InChI is InChI=1S/C29H39N5O2/c1-2-32-14-16-33(17-15-32)19-23-6-5-7-25(18-23)35-21-24-10-11-29(22-30-12-13-34(29)20-24)28-26-8-3-4-9-27(26)36-31-28/h3-9,18,24,30H,2,10-17,19-22H2,1H3/t24-,29-/m0/s1. The number of likely N-dealkylation sites (N-methyl/N-ethyl adjacent to an activating group) is 1. The van der Waals surface area contributed by atoms with E-state index in [4.69, 9.17) is 9.26 Å². The Hall–Kier alpha value is -2.45. The van der Waals surface area contributed by atoms with E-state index in [-0.39, 0.29) is 5.54 Å². The van der Waals surface area contributed by atoms with Crippen molar-refractivity contribution in [2.24, 2.45) is 5.92 Å². The van der Waals surface area contributed by atoms with Crippen molar-refractivity contribution in [3.05, 3.63) is 59.8 Å². The normalized spacial score (nSPS) is 26.2. The Kier molecular flexibility index (Phi) is 6.98. The van der Waals surface area contributed by atoms with Gasteiger partial charge in [0.1, 0.15) is 11.4 Å². The molecule has 0 spiro atoms. The first-order valence-corrected chi connectivity index (χ1v) is 13.7. The summed E-state index contributed by atoms with van der Waals surface area (Å²) in [5.41, 5.74) is 3.23. The van der Waals surface area contributed by atoms with Gasteiger partial charge in [-0.3, -0.25) is 9.80 Å². The topological polar surface area (TPSA) is 57.0 Å². The predicted octanol–water partition coefficient (Wildman–Crippen LogP) is 3.55. The molecule has 3 aliphatic rings. The first kappa shape index (κ1) is 23.9. The minimum Gasteiger partial charge on any atom is -0.493 e. The van der Waals surface area contributed by atoms with Crippen LogP contribution in [-0.2, 0) is 12.1 Å². The third kappa shape index (κ3) is 4.77. The van der Waals surface area contributed by atoms with Gasteiger partial charge in [-0.2, -0.15) is 0 Å². The lowest BCUT2D eigenvalue weighted by Crippen LogP contribution is -2.62. The van der Waals surface area contributed by atoms with Crippen molar-refractivity contribution in [2.75, 3.05) is 65.5 Å². The summed E-state index contributed by atoms with van der Waals surface area (Å²) in [5, 5.41) is 9.37. The van der Waals surface area contributed by atoms with Crippen molar-refractivity contribution in [1.82, 2.24) is 25.2 Å². The van der Waals surface area contributed by atoms with Crippen LogP contribution >= 0.6 is 0 Å². The maximum absolute atomic E-state index is 6.38. The number of piperazine rings is 2. The third-order valence-electron chi connectivity index (χ3n) is 8.55. The average molecular weight is 490 g/mol. The number of fused-ring (bicyclic) bond motifs is 2. The molecule has 1 N–H and O–H groups in total. The number of piperidine rings is 1. The summed E-state index contributed by atoms with van der Waals surface area (Å²) >= 11 is 0. The van der Waals surface area contributed by atoms with Crippen molar-refractivity contribution >= 4 is 11.0 Å². The van der Waals surface area contributed by atoms with Crippen LogP contribution in [-0.4, -0.2) is 85.4 Å². The number of para-hydroxylation sites is 1. The number of hydrogen-bond acceptors (Lipinski definition) is 7. The molecule has 36 heavy (non-hydrogen) atoms. The van der Waals surface area contributed by atoms with E-state index in [1.165, 1.54) is 18.7 Å². The molecule has 7 nitrogen and oxygen atoms in total. The van der Waals surface area contributed by atoms with Crippen molar-refractivity contribution in [3.63, 3.8) is 0 Å².